The number of sulfonamides is 1. The van der Waals surface area contributed by atoms with Crippen molar-refractivity contribution in [2.75, 3.05) is 6.61 Å². The van der Waals surface area contributed by atoms with E-state index in [4.69, 9.17) is 4.74 Å². The van der Waals surface area contributed by atoms with E-state index in [2.05, 4.69) is 34.8 Å². The first kappa shape index (κ1) is 17.1. The van der Waals surface area contributed by atoms with E-state index in [0.29, 0.717) is 25.2 Å². The van der Waals surface area contributed by atoms with Crippen molar-refractivity contribution in [3.8, 4) is 5.75 Å². The molecule has 1 aliphatic carbocycles. The molecule has 136 valence electrons. The van der Waals surface area contributed by atoms with Crippen LogP contribution < -0.4 is 9.46 Å². The number of hydrogen-bond acceptors (Lipinski definition) is 3. The summed E-state index contributed by atoms with van der Waals surface area (Å²) in [5.41, 5.74) is 4.68. The smallest absolute Gasteiger partial charge is 0.240 e. The molecule has 6 heteroatoms. The van der Waals surface area contributed by atoms with Gasteiger partial charge in [0, 0.05) is 29.1 Å². The van der Waals surface area contributed by atoms with Crippen LogP contribution in [0.3, 0.4) is 0 Å². The van der Waals surface area contributed by atoms with Crippen LogP contribution in [0.25, 0.3) is 10.9 Å². The summed E-state index contributed by atoms with van der Waals surface area (Å²) in [6, 6.07) is 12.7. The van der Waals surface area contributed by atoms with Crippen molar-refractivity contribution in [2.24, 2.45) is 0 Å². The second-order valence-corrected chi connectivity index (χ2v) is 8.48. The highest BCUT2D eigenvalue weighted by Crippen LogP contribution is 2.31. The third-order valence-corrected chi connectivity index (χ3v) is 6.35. The van der Waals surface area contributed by atoms with Gasteiger partial charge in [-0.2, -0.15) is 0 Å². The number of aromatic nitrogens is 1. The van der Waals surface area contributed by atoms with Crippen LogP contribution in [0.4, 0.5) is 0 Å². The van der Waals surface area contributed by atoms with Crippen molar-refractivity contribution >= 4 is 20.9 Å². The average molecular weight is 370 g/mol. The van der Waals surface area contributed by atoms with E-state index in [0.717, 1.165) is 11.2 Å². The lowest BCUT2D eigenvalue weighted by Gasteiger charge is -2.13. The molecule has 1 aliphatic rings. The van der Waals surface area contributed by atoms with Crippen LogP contribution in [0.1, 0.15) is 23.7 Å². The van der Waals surface area contributed by atoms with Crippen molar-refractivity contribution < 1.29 is 13.2 Å². The van der Waals surface area contributed by atoms with E-state index >= 15 is 0 Å². The zero-order valence-corrected chi connectivity index (χ0v) is 15.7. The summed E-state index contributed by atoms with van der Waals surface area (Å²) in [6.45, 7) is 4.52. The van der Waals surface area contributed by atoms with Crippen LogP contribution in [0.2, 0.25) is 0 Å². The molecule has 0 fully saturated rings. The fourth-order valence-electron chi connectivity index (χ4n) is 3.64. The molecule has 0 bridgehead atoms. The molecule has 0 saturated heterocycles. The summed E-state index contributed by atoms with van der Waals surface area (Å²) < 4.78 is 33.6. The number of benzene rings is 2. The molecule has 0 spiro atoms. The summed E-state index contributed by atoms with van der Waals surface area (Å²) in [7, 11) is -3.55. The first-order chi connectivity index (χ1) is 12.5. The van der Waals surface area contributed by atoms with Gasteiger partial charge < -0.3 is 9.72 Å². The second kappa shape index (κ2) is 6.45. The van der Waals surface area contributed by atoms with E-state index in [1.807, 2.05) is 6.92 Å². The summed E-state index contributed by atoms with van der Waals surface area (Å²) in [5, 5.41) is 1.20. The molecule has 26 heavy (non-hydrogen) atoms. The Morgan fingerprint density at radius 2 is 1.92 bits per heavy atom. The molecule has 2 aromatic carbocycles. The van der Waals surface area contributed by atoms with Gasteiger partial charge in [-0.05, 0) is 62.2 Å². The number of aryl methyl sites for hydroxylation is 1. The van der Waals surface area contributed by atoms with Gasteiger partial charge in [-0.25, -0.2) is 13.1 Å². The molecule has 3 aromatic rings. The lowest BCUT2D eigenvalue weighted by Crippen LogP contribution is -2.35. The summed E-state index contributed by atoms with van der Waals surface area (Å²) in [6.07, 6.45) is 1.38. The standard InChI is InChI=1S/C20H22N2O3S/c1-3-25-15-5-7-16(8-6-15)26(23,24)22-14-11-18-17-10-13(2)4-9-19(17)21-20(18)12-14/h4-10,14,21-22H,3,11-12H2,1-2H3. The van der Waals surface area contributed by atoms with Crippen molar-refractivity contribution in [1.82, 2.24) is 9.71 Å². The third kappa shape index (κ3) is 3.10. The number of rotatable bonds is 5. The SMILES string of the molecule is CCOc1ccc(S(=O)(=O)NC2Cc3[nH]c4ccc(C)cc4c3C2)cc1. The van der Waals surface area contributed by atoms with Crippen LogP contribution in [0.5, 0.6) is 5.75 Å². The van der Waals surface area contributed by atoms with E-state index in [1.165, 1.54) is 16.5 Å². The first-order valence-electron chi connectivity index (χ1n) is 8.81. The van der Waals surface area contributed by atoms with Gasteiger partial charge in [0.25, 0.3) is 0 Å². The Labute approximate surface area is 153 Å². The predicted molar refractivity (Wildman–Crippen MR) is 102 cm³/mol. The van der Waals surface area contributed by atoms with E-state index < -0.39 is 10.0 Å². The summed E-state index contributed by atoms with van der Waals surface area (Å²) >= 11 is 0. The number of aromatic amines is 1. The van der Waals surface area contributed by atoms with Crippen LogP contribution in [0, 0.1) is 6.92 Å². The van der Waals surface area contributed by atoms with E-state index in [-0.39, 0.29) is 10.9 Å². The van der Waals surface area contributed by atoms with Crippen LogP contribution >= 0.6 is 0 Å². The largest absolute Gasteiger partial charge is 0.494 e. The maximum Gasteiger partial charge on any atom is 0.240 e. The Hall–Kier alpha value is -2.31. The van der Waals surface area contributed by atoms with E-state index in [1.54, 1.807) is 24.3 Å². The summed E-state index contributed by atoms with van der Waals surface area (Å²) in [4.78, 5) is 3.69. The predicted octanol–water partition coefficient (Wildman–Crippen LogP) is 3.32. The van der Waals surface area contributed by atoms with Crippen molar-refractivity contribution in [3.05, 3.63) is 59.3 Å². The Kier molecular flexibility index (Phi) is 4.25. The van der Waals surface area contributed by atoms with Gasteiger partial charge in [0.05, 0.1) is 11.5 Å². The molecule has 0 aliphatic heterocycles. The molecule has 4 rings (SSSR count). The van der Waals surface area contributed by atoms with Crippen molar-refractivity contribution in [3.63, 3.8) is 0 Å². The maximum absolute atomic E-state index is 12.7. The molecular formula is C20H22N2O3S. The molecule has 0 saturated carbocycles. The van der Waals surface area contributed by atoms with Gasteiger partial charge in [-0.1, -0.05) is 11.6 Å². The van der Waals surface area contributed by atoms with Gasteiger partial charge in [0.15, 0.2) is 0 Å². The van der Waals surface area contributed by atoms with Gasteiger partial charge in [0.1, 0.15) is 5.75 Å². The van der Waals surface area contributed by atoms with Gasteiger partial charge >= 0.3 is 0 Å². The number of H-pyrrole nitrogens is 1. The topological polar surface area (TPSA) is 71.2 Å². The second-order valence-electron chi connectivity index (χ2n) is 6.76. The van der Waals surface area contributed by atoms with Crippen LogP contribution in [-0.2, 0) is 22.9 Å². The Morgan fingerprint density at radius 1 is 1.15 bits per heavy atom. The minimum absolute atomic E-state index is 0.127. The lowest BCUT2D eigenvalue weighted by molar-refractivity contribution is 0.340. The van der Waals surface area contributed by atoms with Gasteiger partial charge in [-0.3, -0.25) is 0 Å². The molecule has 5 nitrogen and oxygen atoms in total. The van der Waals surface area contributed by atoms with Crippen LogP contribution in [0.15, 0.2) is 47.4 Å². The zero-order valence-electron chi connectivity index (χ0n) is 14.9. The Bertz CT molecular complexity index is 1050. The fraction of sp³-hybridized carbons (Fsp3) is 0.300. The number of fused-ring (bicyclic) bond motifs is 3. The highest BCUT2D eigenvalue weighted by atomic mass is 32.2. The van der Waals surface area contributed by atoms with Crippen LogP contribution in [-0.4, -0.2) is 26.1 Å². The average Bonchev–Trinajstić information content (AvgIpc) is 3.12. The monoisotopic (exact) mass is 370 g/mol. The molecule has 1 atom stereocenters. The minimum atomic E-state index is -3.55. The fourth-order valence-corrected chi connectivity index (χ4v) is 4.88. The quantitative estimate of drug-likeness (QED) is 0.724. The number of hydrogen-bond donors (Lipinski definition) is 2. The molecule has 1 unspecified atom stereocenters. The normalized spacial score (nSPS) is 16.8. The Morgan fingerprint density at radius 3 is 2.65 bits per heavy atom. The lowest BCUT2D eigenvalue weighted by atomic mass is 10.1. The molecule has 0 amide bonds. The molecule has 1 aromatic heterocycles. The highest BCUT2D eigenvalue weighted by molar-refractivity contribution is 7.89. The minimum Gasteiger partial charge on any atom is -0.494 e. The Balaban J connectivity index is 1.53. The van der Waals surface area contributed by atoms with E-state index in [9.17, 15) is 8.42 Å². The number of ether oxygens (including phenoxy) is 1. The van der Waals surface area contributed by atoms with Gasteiger partial charge in [0.2, 0.25) is 10.0 Å². The molecular weight excluding hydrogens is 348 g/mol. The summed E-state index contributed by atoms with van der Waals surface area (Å²) in [5.74, 6) is 0.670. The molecule has 0 radical (unpaired) electrons. The van der Waals surface area contributed by atoms with Crippen molar-refractivity contribution in [2.45, 2.75) is 37.6 Å². The van der Waals surface area contributed by atoms with Crippen molar-refractivity contribution in [1.29, 1.82) is 0 Å². The maximum atomic E-state index is 12.7. The molecule has 2 N–H and O–H groups in total. The highest BCUT2D eigenvalue weighted by Gasteiger charge is 2.29. The first-order valence-corrected chi connectivity index (χ1v) is 10.3. The van der Waals surface area contributed by atoms with Gasteiger partial charge in [-0.15, -0.1) is 0 Å². The zero-order chi connectivity index (χ0) is 18.3. The number of nitrogens with one attached hydrogen (secondary N) is 2. The third-order valence-electron chi connectivity index (χ3n) is 4.82. The molecule has 1 heterocycles.